The lowest BCUT2D eigenvalue weighted by Gasteiger charge is -2.26. The van der Waals surface area contributed by atoms with E-state index in [4.69, 9.17) is 5.73 Å². The number of nitrogens with zero attached hydrogens (tertiary/aromatic N) is 2. The van der Waals surface area contributed by atoms with Gasteiger partial charge in [-0.15, -0.1) is 0 Å². The van der Waals surface area contributed by atoms with E-state index in [1.807, 2.05) is 0 Å². The molecule has 0 saturated heterocycles. The van der Waals surface area contributed by atoms with Crippen molar-refractivity contribution >= 4 is 21.7 Å². The zero-order chi connectivity index (χ0) is 16.6. The molecule has 1 aromatic heterocycles. The van der Waals surface area contributed by atoms with E-state index in [1.165, 1.54) is 6.07 Å². The van der Waals surface area contributed by atoms with E-state index in [9.17, 15) is 9.65 Å². The number of rotatable bonds is 2. The Balaban J connectivity index is 2.29. The van der Waals surface area contributed by atoms with Crippen LogP contribution in [0.4, 0.5) is 10.2 Å². The minimum Gasteiger partial charge on any atom is -0.383 e. The third kappa shape index (κ3) is 2.84. The molecule has 118 valence electrons. The molecule has 2 aromatic rings. The van der Waals surface area contributed by atoms with Crippen LogP contribution in [-0.2, 0) is 12.8 Å². The fraction of sp³-hybridized carbons (Fsp3) is 0.333. The van der Waals surface area contributed by atoms with Crippen LogP contribution >= 0.6 is 15.9 Å². The number of halogens is 2. The van der Waals surface area contributed by atoms with Crippen molar-refractivity contribution in [3.63, 3.8) is 0 Å². The van der Waals surface area contributed by atoms with Gasteiger partial charge in [0.2, 0.25) is 0 Å². The Morgan fingerprint density at radius 1 is 1.48 bits per heavy atom. The highest BCUT2D eigenvalue weighted by atomic mass is 79.9. The zero-order valence-electron chi connectivity index (χ0n) is 12.9. The number of pyridine rings is 1. The lowest BCUT2D eigenvalue weighted by molar-refractivity contribution is 0.440. The summed E-state index contributed by atoms with van der Waals surface area (Å²) in [5, 5.41) is 9.53. The Hall–Kier alpha value is -1.93. The second-order valence-corrected chi connectivity index (χ2v) is 6.84. The molecule has 2 N–H and O–H groups in total. The van der Waals surface area contributed by atoms with Gasteiger partial charge in [-0.25, -0.2) is 9.37 Å². The van der Waals surface area contributed by atoms with Gasteiger partial charge < -0.3 is 5.73 Å². The number of hydrogen-bond acceptors (Lipinski definition) is 3. The maximum Gasteiger partial charge on any atom is 0.142 e. The van der Waals surface area contributed by atoms with Crippen LogP contribution in [0.1, 0.15) is 36.6 Å². The van der Waals surface area contributed by atoms with Gasteiger partial charge in [0.15, 0.2) is 0 Å². The van der Waals surface area contributed by atoms with Crippen LogP contribution in [0, 0.1) is 23.1 Å². The summed E-state index contributed by atoms with van der Waals surface area (Å²) in [4.78, 5) is 4.41. The Morgan fingerprint density at radius 3 is 2.91 bits per heavy atom. The van der Waals surface area contributed by atoms with E-state index < -0.39 is 0 Å². The van der Waals surface area contributed by atoms with E-state index in [2.05, 4.69) is 33.9 Å². The highest BCUT2D eigenvalue weighted by Crippen LogP contribution is 2.39. The van der Waals surface area contributed by atoms with Gasteiger partial charge in [-0.2, -0.15) is 5.26 Å². The summed E-state index contributed by atoms with van der Waals surface area (Å²) >= 11 is 3.27. The predicted octanol–water partition coefficient (Wildman–Crippen LogP) is 4.62. The first-order valence-electron chi connectivity index (χ1n) is 7.71. The highest BCUT2D eigenvalue weighted by molar-refractivity contribution is 9.10. The van der Waals surface area contributed by atoms with Crippen LogP contribution in [0.5, 0.6) is 0 Å². The minimum atomic E-state index is -0.359. The highest BCUT2D eigenvalue weighted by Gasteiger charge is 2.27. The average molecular weight is 374 g/mol. The molecule has 0 aliphatic heterocycles. The third-order valence-corrected chi connectivity index (χ3v) is 5.08. The second-order valence-electron chi connectivity index (χ2n) is 5.93. The van der Waals surface area contributed by atoms with Crippen molar-refractivity contribution in [2.75, 3.05) is 5.73 Å². The monoisotopic (exact) mass is 373 g/mol. The van der Waals surface area contributed by atoms with Gasteiger partial charge in [-0.1, -0.05) is 35.3 Å². The van der Waals surface area contributed by atoms with Gasteiger partial charge in [0.1, 0.15) is 23.3 Å². The van der Waals surface area contributed by atoms with Crippen LogP contribution in [0.25, 0.3) is 11.1 Å². The number of fused-ring (bicyclic) bond motifs is 1. The van der Waals surface area contributed by atoms with Gasteiger partial charge >= 0.3 is 0 Å². The smallest absolute Gasteiger partial charge is 0.142 e. The third-order valence-electron chi connectivity index (χ3n) is 4.58. The number of hydrogen-bond donors (Lipinski definition) is 1. The van der Waals surface area contributed by atoms with Gasteiger partial charge in [0.25, 0.3) is 0 Å². The number of benzene rings is 1. The van der Waals surface area contributed by atoms with Crippen LogP contribution in [0.15, 0.2) is 22.7 Å². The molecule has 0 saturated carbocycles. The van der Waals surface area contributed by atoms with E-state index in [-0.39, 0.29) is 17.2 Å². The molecule has 0 bridgehead atoms. The normalized spacial score (nSPS) is 16.7. The van der Waals surface area contributed by atoms with E-state index >= 15 is 0 Å². The molecule has 1 unspecified atom stereocenters. The summed E-state index contributed by atoms with van der Waals surface area (Å²) in [6.07, 6.45) is 3.77. The first-order valence-corrected chi connectivity index (χ1v) is 8.51. The number of anilines is 1. The van der Waals surface area contributed by atoms with Gasteiger partial charge in [-0.05, 0) is 42.9 Å². The fourth-order valence-corrected chi connectivity index (χ4v) is 3.63. The van der Waals surface area contributed by atoms with Crippen LogP contribution in [0.2, 0.25) is 0 Å². The molecular formula is C18H17BrFN3. The average Bonchev–Trinajstić information content (AvgIpc) is 2.53. The first-order chi connectivity index (χ1) is 11.0. The Labute approximate surface area is 143 Å². The number of nitrogens with two attached hydrogens (primary N) is 1. The Morgan fingerprint density at radius 2 is 2.26 bits per heavy atom. The topological polar surface area (TPSA) is 62.7 Å². The van der Waals surface area contributed by atoms with Crippen molar-refractivity contribution < 1.29 is 4.39 Å². The van der Waals surface area contributed by atoms with Crippen molar-refractivity contribution in [1.82, 2.24) is 4.98 Å². The van der Waals surface area contributed by atoms with Gasteiger partial charge in [-0.3, -0.25) is 0 Å². The first kappa shape index (κ1) is 15.9. The SMILES string of the molecule is CCC1CCc2nc(N)c(C#N)c(-c3ccc(Br)cc3F)c2C1. The van der Waals surface area contributed by atoms with Crippen molar-refractivity contribution in [2.45, 2.75) is 32.6 Å². The zero-order valence-corrected chi connectivity index (χ0v) is 14.5. The molecule has 23 heavy (non-hydrogen) atoms. The van der Waals surface area contributed by atoms with E-state index in [0.29, 0.717) is 21.5 Å². The van der Waals surface area contributed by atoms with Crippen molar-refractivity contribution in [2.24, 2.45) is 5.92 Å². The molecule has 0 radical (unpaired) electrons. The fourth-order valence-electron chi connectivity index (χ4n) is 3.30. The summed E-state index contributed by atoms with van der Waals surface area (Å²) in [7, 11) is 0. The molecule has 1 heterocycles. The summed E-state index contributed by atoms with van der Waals surface area (Å²) < 4.78 is 15.2. The maximum absolute atomic E-state index is 14.5. The quantitative estimate of drug-likeness (QED) is 0.835. The van der Waals surface area contributed by atoms with Crippen molar-refractivity contribution in [3.05, 3.63) is 45.3 Å². The molecule has 1 aromatic carbocycles. The Kier molecular flexibility index (Phi) is 4.36. The largest absolute Gasteiger partial charge is 0.383 e. The predicted molar refractivity (Wildman–Crippen MR) is 92.3 cm³/mol. The van der Waals surface area contributed by atoms with Crippen LogP contribution < -0.4 is 5.73 Å². The van der Waals surface area contributed by atoms with E-state index in [0.717, 1.165) is 36.9 Å². The minimum absolute atomic E-state index is 0.193. The number of nitrogen functional groups attached to an aromatic ring is 1. The molecule has 0 spiro atoms. The number of aromatic nitrogens is 1. The lowest BCUT2D eigenvalue weighted by Crippen LogP contribution is -2.18. The molecular weight excluding hydrogens is 357 g/mol. The summed E-state index contributed by atoms with van der Waals surface area (Å²) in [6.45, 7) is 2.16. The molecule has 3 rings (SSSR count). The summed E-state index contributed by atoms with van der Waals surface area (Å²) in [5.41, 5.74) is 9.19. The standard InChI is InChI=1S/C18H17BrFN3/c1-2-10-3-6-16-13(7-10)17(14(9-21)18(22)23-16)12-5-4-11(19)8-15(12)20/h4-5,8,10H,2-3,6-7H2,1H3,(H2,22,23). The Bertz CT molecular complexity index is 811. The van der Waals surface area contributed by atoms with Gasteiger partial charge in [0.05, 0.1) is 0 Å². The summed E-state index contributed by atoms with van der Waals surface area (Å²) in [5.74, 6) is 0.373. The lowest BCUT2D eigenvalue weighted by atomic mass is 9.80. The molecule has 1 aliphatic carbocycles. The van der Waals surface area contributed by atoms with Gasteiger partial charge in [0, 0.05) is 21.3 Å². The van der Waals surface area contributed by atoms with Crippen molar-refractivity contribution in [1.29, 1.82) is 5.26 Å². The summed E-state index contributed by atoms with van der Waals surface area (Å²) in [6, 6.07) is 7.02. The molecule has 5 heteroatoms. The van der Waals surface area contributed by atoms with Crippen LogP contribution in [-0.4, -0.2) is 4.98 Å². The van der Waals surface area contributed by atoms with E-state index in [1.54, 1.807) is 12.1 Å². The molecule has 0 amide bonds. The van der Waals surface area contributed by atoms with Crippen LogP contribution in [0.3, 0.4) is 0 Å². The number of nitriles is 1. The molecule has 0 fully saturated rings. The number of aryl methyl sites for hydroxylation is 1. The molecule has 1 aliphatic rings. The molecule has 1 atom stereocenters. The van der Waals surface area contributed by atoms with Crippen molar-refractivity contribution in [3.8, 4) is 17.2 Å². The second kappa shape index (κ2) is 6.29. The molecule has 3 nitrogen and oxygen atoms in total. The maximum atomic E-state index is 14.5.